The van der Waals surface area contributed by atoms with Crippen LogP contribution in [0.5, 0.6) is 17.2 Å². The summed E-state index contributed by atoms with van der Waals surface area (Å²) in [4.78, 5) is 4.46. The van der Waals surface area contributed by atoms with E-state index in [1.54, 1.807) is 20.4 Å². The van der Waals surface area contributed by atoms with Crippen molar-refractivity contribution in [2.75, 3.05) is 20.8 Å². The van der Waals surface area contributed by atoms with E-state index in [9.17, 15) is 0 Å². The van der Waals surface area contributed by atoms with Crippen molar-refractivity contribution in [1.29, 1.82) is 0 Å². The van der Waals surface area contributed by atoms with Crippen molar-refractivity contribution < 1.29 is 14.2 Å². The molecule has 5 heteroatoms. The molecule has 0 unspecified atom stereocenters. The average Bonchev–Trinajstić information content (AvgIpc) is 2.55. The highest BCUT2D eigenvalue weighted by Crippen LogP contribution is 2.32. The van der Waals surface area contributed by atoms with Crippen molar-refractivity contribution in [3.05, 3.63) is 46.4 Å². The molecule has 0 heterocycles. The topological polar surface area (TPSA) is 40.0 Å². The van der Waals surface area contributed by atoms with Crippen LogP contribution >= 0.6 is 15.9 Å². The molecule has 0 N–H and O–H groups in total. The Kier molecular flexibility index (Phi) is 5.83. The predicted octanol–water partition coefficient (Wildman–Crippen LogP) is 4.62. The van der Waals surface area contributed by atoms with Crippen molar-refractivity contribution in [2.45, 2.75) is 6.92 Å². The van der Waals surface area contributed by atoms with Gasteiger partial charge < -0.3 is 14.2 Å². The molecule has 0 aliphatic heterocycles. The molecule has 0 aliphatic rings. The lowest BCUT2D eigenvalue weighted by Crippen LogP contribution is -1.93. The minimum atomic E-state index is 0.654. The van der Waals surface area contributed by atoms with Crippen molar-refractivity contribution in [3.8, 4) is 17.2 Å². The second-order valence-corrected chi connectivity index (χ2v) is 5.27. The number of halogens is 1. The van der Waals surface area contributed by atoms with Gasteiger partial charge in [0.25, 0.3) is 0 Å². The van der Waals surface area contributed by atoms with Gasteiger partial charge in [0.05, 0.1) is 26.5 Å². The summed E-state index contributed by atoms with van der Waals surface area (Å²) in [6.45, 7) is 2.61. The fourth-order valence-corrected chi connectivity index (χ4v) is 2.33. The van der Waals surface area contributed by atoms with E-state index in [4.69, 9.17) is 14.2 Å². The molecule has 0 radical (unpaired) electrons. The van der Waals surface area contributed by atoms with Crippen LogP contribution in [0.2, 0.25) is 0 Å². The Balaban J connectivity index is 2.22. The molecule has 0 amide bonds. The summed E-state index contributed by atoms with van der Waals surface area (Å²) in [5, 5.41) is 0. The zero-order valence-electron chi connectivity index (χ0n) is 12.8. The molecule has 116 valence electrons. The number of hydrogen-bond acceptors (Lipinski definition) is 4. The Morgan fingerprint density at radius 1 is 1.05 bits per heavy atom. The summed E-state index contributed by atoms with van der Waals surface area (Å²) >= 11 is 3.51. The van der Waals surface area contributed by atoms with Crippen molar-refractivity contribution in [2.24, 2.45) is 4.99 Å². The number of rotatable bonds is 6. The van der Waals surface area contributed by atoms with Gasteiger partial charge in [0.1, 0.15) is 5.75 Å². The Bertz CT molecular complexity index is 654. The number of aliphatic imine (C=N–C) groups is 1. The van der Waals surface area contributed by atoms with Crippen LogP contribution < -0.4 is 14.2 Å². The van der Waals surface area contributed by atoms with Gasteiger partial charge >= 0.3 is 0 Å². The molecule has 4 nitrogen and oxygen atoms in total. The first-order valence-electron chi connectivity index (χ1n) is 6.86. The molecule has 22 heavy (non-hydrogen) atoms. The van der Waals surface area contributed by atoms with Gasteiger partial charge in [0.15, 0.2) is 11.5 Å². The Labute approximate surface area is 138 Å². The normalized spacial score (nSPS) is 10.7. The smallest absolute Gasteiger partial charge is 0.161 e. The second-order valence-electron chi connectivity index (χ2n) is 4.41. The lowest BCUT2D eigenvalue weighted by molar-refractivity contribution is 0.340. The van der Waals surface area contributed by atoms with E-state index in [-0.39, 0.29) is 0 Å². The highest BCUT2D eigenvalue weighted by atomic mass is 79.9. The van der Waals surface area contributed by atoms with Gasteiger partial charge in [-0.25, -0.2) is 0 Å². The molecule has 0 fully saturated rings. The Hall–Kier alpha value is -2.01. The Morgan fingerprint density at radius 2 is 1.68 bits per heavy atom. The van der Waals surface area contributed by atoms with E-state index in [0.29, 0.717) is 18.1 Å². The third-order valence-corrected chi connectivity index (χ3v) is 3.69. The van der Waals surface area contributed by atoms with Crippen LogP contribution in [0.3, 0.4) is 0 Å². The van der Waals surface area contributed by atoms with Gasteiger partial charge in [-0.1, -0.05) is 0 Å². The second kappa shape index (κ2) is 7.84. The molecule has 0 spiro atoms. The van der Waals surface area contributed by atoms with Crippen LogP contribution in [0.15, 0.2) is 45.9 Å². The van der Waals surface area contributed by atoms with Gasteiger partial charge in [-0.15, -0.1) is 0 Å². The summed E-state index contributed by atoms with van der Waals surface area (Å²) in [6.07, 6.45) is 1.78. The molecule has 0 aliphatic carbocycles. The molecule has 0 saturated heterocycles. The van der Waals surface area contributed by atoms with Crippen LogP contribution in [0.25, 0.3) is 0 Å². The predicted molar refractivity (Wildman–Crippen MR) is 92.1 cm³/mol. The van der Waals surface area contributed by atoms with Gasteiger partial charge in [-0.2, -0.15) is 0 Å². The minimum Gasteiger partial charge on any atom is -0.494 e. The van der Waals surface area contributed by atoms with Gasteiger partial charge in [-0.3, -0.25) is 4.99 Å². The van der Waals surface area contributed by atoms with E-state index < -0.39 is 0 Å². The number of hydrogen-bond donors (Lipinski definition) is 0. The molecular weight excluding hydrogens is 346 g/mol. The molecule has 2 aromatic rings. The molecule has 0 atom stereocenters. The highest BCUT2D eigenvalue weighted by Gasteiger charge is 2.08. The van der Waals surface area contributed by atoms with Crippen molar-refractivity contribution >= 4 is 27.8 Å². The van der Waals surface area contributed by atoms with Crippen molar-refractivity contribution in [1.82, 2.24) is 0 Å². The van der Waals surface area contributed by atoms with Crippen LogP contribution in [-0.2, 0) is 0 Å². The number of ether oxygens (including phenoxy) is 3. The van der Waals surface area contributed by atoms with E-state index >= 15 is 0 Å². The quantitative estimate of drug-likeness (QED) is 0.703. The zero-order chi connectivity index (χ0) is 15.9. The lowest BCUT2D eigenvalue weighted by atomic mass is 10.2. The SMILES string of the molecule is CCOc1ccc(N=Cc2cc(OC)c(OC)cc2Br)cc1. The van der Waals surface area contributed by atoms with E-state index in [2.05, 4.69) is 20.9 Å². The fraction of sp³-hybridized carbons (Fsp3) is 0.235. The largest absolute Gasteiger partial charge is 0.494 e. The van der Waals surface area contributed by atoms with Crippen LogP contribution in [0.4, 0.5) is 5.69 Å². The maximum Gasteiger partial charge on any atom is 0.161 e. The number of nitrogens with zero attached hydrogens (tertiary/aromatic N) is 1. The summed E-state index contributed by atoms with van der Waals surface area (Å²) in [7, 11) is 3.22. The van der Waals surface area contributed by atoms with Gasteiger partial charge in [0.2, 0.25) is 0 Å². The minimum absolute atomic E-state index is 0.654. The number of methoxy groups -OCH3 is 2. The first-order valence-corrected chi connectivity index (χ1v) is 7.65. The zero-order valence-corrected chi connectivity index (χ0v) is 14.4. The summed E-state index contributed by atoms with van der Waals surface area (Å²) in [6, 6.07) is 11.4. The highest BCUT2D eigenvalue weighted by molar-refractivity contribution is 9.10. The van der Waals surface area contributed by atoms with Gasteiger partial charge in [0, 0.05) is 16.3 Å². The maximum atomic E-state index is 5.41. The summed E-state index contributed by atoms with van der Waals surface area (Å²) in [5.41, 5.74) is 1.76. The van der Waals surface area contributed by atoms with Gasteiger partial charge in [-0.05, 0) is 59.3 Å². The van der Waals surface area contributed by atoms with E-state index in [1.165, 1.54) is 0 Å². The standard InChI is InChI=1S/C17H18BrNO3/c1-4-22-14-7-5-13(6-8-14)19-11-12-9-16(20-2)17(21-3)10-15(12)18/h5-11H,4H2,1-3H3. The van der Waals surface area contributed by atoms with Crippen LogP contribution in [-0.4, -0.2) is 27.0 Å². The Morgan fingerprint density at radius 3 is 2.27 bits per heavy atom. The van der Waals surface area contributed by atoms with Crippen LogP contribution in [0, 0.1) is 0 Å². The summed E-state index contributed by atoms with van der Waals surface area (Å²) < 4.78 is 16.9. The third-order valence-electron chi connectivity index (χ3n) is 3.00. The lowest BCUT2D eigenvalue weighted by Gasteiger charge is -2.09. The summed E-state index contributed by atoms with van der Waals surface area (Å²) in [5.74, 6) is 2.18. The molecule has 2 rings (SSSR count). The molecule has 2 aromatic carbocycles. The van der Waals surface area contributed by atoms with Crippen LogP contribution in [0.1, 0.15) is 12.5 Å². The van der Waals surface area contributed by atoms with E-state index in [0.717, 1.165) is 21.5 Å². The first kappa shape index (κ1) is 16.4. The maximum absolute atomic E-state index is 5.41. The molecule has 0 aromatic heterocycles. The molecular formula is C17H18BrNO3. The van der Waals surface area contributed by atoms with Crippen molar-refractivity contribution in [3.63, 3.8) is 0 Å². The average molecular weight is 364 g/mol. The van der Waals surface area contributed by atoms with E-state index in [1.807, 2.05) is 43.3 Å². The first-order chi connectivity index (χ1) is 10.7. The fourth-order valence-electron chi connectivity index (χ4n) is 1.91. The molecule has 0 saturated carbocycles. The number of benzene rings is 2. The monoisotopic (exact) mass is 363 g/mol. The third kappa shape index (κ3) is 4.01. The molecule has 0 bridgehead atoms.